The molecule has 0 atom stereocenters. The van der Waals surface area contributed by atoms with Crippen LogP contribution in [0.1, 0.15) is 42.4 Å². The molecule has 0 aliphatic heterocycles. The van der Waals surface area contributed by atoms with E-state index in [9.17, 15) is 41.0 Å². The van der Waals surface area contributed by atoms with Gasteiger partial charge in [-0.3, -0.25) is 9.59 Å². The average Bonchev–Trinajstić information content (AvgIpc) is 3.01. The summed E-state index contributed by atoms with van der Waals surface area (Å²) in [5.74, 6) is -2.26. The maximum absolute atomic E-state index is 12.8. The first-order chi connectivity index (χ1) is 11.9. The van der Waals surface area contributed by atoms with E-state index in [0.717, 1.165) is 0 Å². The van der Waals surface area contributed by atoms with Crippen LogP contribution in [0.2, 0.25) is 0 Å². The molecule has 1 fully saturated rings. The van der Waals surface area contributed by atoms with Crippen molar-refractivity contribution in [3.8, 4) is 0 Å². The number of carbonyl (C=O) groups excluding carboxylic acids is 1. The highest BCUT2D eigenvalue weighted by molar-refractivity contribution is 6.02. The first-order valence-electron chi connectivity index (χ1n) is 7.66. The van der Waals surface area contributed by atoms with Crippen LogP contribution in [0, 0.1) is 5.41 Å². The number of nitrogens with one attached hydrogen (secondary N) is 1. The second kappa shape index (κ2) is 6.81. The van der Waals surface area contributed by atoms with Crippen molar-refractivity contribution >= 4 is 11.9 Å². The van der Waals surface area contributed by atoms with E-state index in [1.54, 1.807) is 0 Å². The largest absolute Gasteiger partial charge is 0.480 e. The molecular weight excluding hydrogens is 368 g/mol. The summed E-state index contributed by atoms with van der Waals surface area (Å²) in [6.07, 6.45) is -8.83. The lowest BCUT2D eigenvalue weighted by Gasteiger charge is -2.23. The van der Waals surface area contributed by atoms with Gasteiger partial charge in [0.05, 0.1) is 11.1 Å². The molecule has 10 heteroatoms. The minimum atomic E-state index is -4.99. The fraction of sp³-hybridized carbons (Fsp3) is 0.500. The topological polar surface area (TPSA) is 66.4 Å². The van der Waals surface area contributed by atoms with Crippen molar-refractivity contribution in [1.82, 2.24) is 5.32 Å². The van der Waals surface area contributed by atoms with Crippen molar-refractivity contribution in [2.75, 3.05) is 0 Å². The number of carboxylic acids is 1. The Morgan fingerprint density at radius 2 is 1.42 bits per heavy atom. The summed E-state index contributed by atoms with van der Waals surface area (Å²) in [6.45, 7) is -0.638. The van der Waals surface area contributed by atoms with Gasteiger partial charge in [0.1, 0.15) is 5.41 Å². The number of hydrogen-bond donors (Lipinski definition) is 2. The maximum Gasteiger partial charge on any atom is 0.416 e. The van der Waals surface area contributed by atoms with Crippen molar-refractivity contribution < 1.29 is 41.0 Å². The highest BCUT2D eigenvalue weighted by Crippen LogP contribution is 2.39. The molecule has 0 saturated heterocycles. The molecule has 1 aromatic rings. The van der Waals surface area contributed by atoms with Gasteiger partial charge < -0.3 is 10.4 Å². The van der Waals surface area contributed by atoms with E-state index >= 15 is 0 Å². The molecule has 1 aliphatic rings. The normalized spacial score (nSPS) is 17.2. The molecule has 26 heavy (non-hydrogen) atoms. The van der Waals surface area contributed by atoms with Gasteiger partial charge in [-0.2, -0.15) is 26.3 Å². The number of rotatable bonds is 4. The molecule has 144 valence electrons. The van der Waals surface area contributed by atoms with E-state index in [4.69, 9.17) is 0 Å². The number of aliphatic carboxylic acids is 1. The summed E-state index contributed by atoms with van der Waals surface area (Å²) in [4.78, 5) is 23.6. The molecule has 0 unspecified atom stereocenters. The van der Waals surface area contributed by atoms with Crippen LogP contribution in [-0.2, 0) is 28.5 Å². The Morgan fingerprint density at radius 3 is 1.81 bits per heavy atom. The Labute approximate surface area is 144 Å². The van der Waals surface area contributed by atoms with E-state index in [1.165, 1.54) is 0 Å². The smallest absolute Gasteiger partial charge is 0.416 e. The van der Waals surface area contributed by atoms with Crippen molar-refractivity contribution in [3.63, 3.8) is 0 Å². The molecule has 1 saturated carbocycles. The van der Waals surface area contributed by atoms with E-state index in [-0.39, 0.29) is 18.9 Å². The fourth-order valence-electron chi connectivity index (χ4n) is 2.99. The molecule has 0 spiro atoms. The van der Waals surface area contributed by atoms with Crippen LogP contribution in [0.3, 0.4) is 0 Å². The van der Waals surface area contributed by atoms with Gasteiger partial charge in [-0.25, -0.2) is 0 Å². The average molecular weight is 383 g/mol. The van der Waals surface area contributed by atoms with Crippen LogP contribution in [-0.4, -0.2) is 17.0 Å². The third-order valence-electron chi connectivity index (χ3n) is 4.40. The molecule has 0 aromatic heterocycles. The molecule has 4 nitrogen and oxygen atoms in total. The Hall–Kier alpha value is -2.26. The molecule has 0 bridgehead atoms. The van der Waals surface area contributed by atoms with Gasteiger partial charge in [0.25, 0.3) is 0 Å². The number of carbonyl (C=O) groups is 2. The SMILES string of the molecule is O=C(O)C1(C(=O)NCc2cc(C(F)(F)F)cc(C(F)(F)F)c2)CCCC1. The summed E-state index contributed by atoms with van der Waals surface area (Å²) in [7, 11) is 0. The van der Waals surface area contributed by atoms with Gasteiger partial charge in [0, 0.05) is 6.54 Å². The summed E-state index contributed by atoms with van der Waals surface area (Å²) < 4.78 is 76.9. The van der Waals surface area contributed by atoms with Gasteiger partial charge in [-0.15, -0.1) is 0 Å². The Bertz CT molecular complexity index is 673. The first kappa shape index (κ1) is 20.1. The van der Waals surface area contributed by atoms with E-state index < -0.39 is 52.9 Å². The van der Waals surface area contributed by atoms with Gasteiger partial charge in [-0.1, -0.05) is 12.8 Å². The zero-order valence-electron chi connectivity index (χ0n) is 13.3. The van der Waals surface area contributed by atoms with Crippen molar-refractivity contribution in [2.24, 2.45) is 5.41 Å². The number of halogens is 6. The van der Waals surface area contributed by atoms with Crippen LogP contribution in [0.5, 0.6) is 0 Å². The standard InChI is InChI=1S/C16H15F6NO3/c17-15(18,19)10-5-9(6-11(7-10)16(20,21)22)8-23-12(24)14(13(25)26)3-1-2-4-14/h5-7H,1-4,8H2,(H,23,24)(H,25,26). The van der Waals surface area contributed by atoms with E-state index in [2.05, 4.69) is 5.32 Å². The number of benzene rings is 1. The number of alkyl halides is 6. The summed E-state index contributed by atoms with van der Waals surface area (Å²) >= 11 is 0. The third kappa shape index (κ3) is 4.10. The summed E-state index contributed by atoms with van der Waals surface area (Å²) in [6, 6.07) is 0.982. The van der Waals surface area contributed by atoms with Crippen molar-refractivity contribution in [1.29, 1.82) is 0 Å². The van der Waals surface area contributed by atoms with Gasteiger partial charge in [0.2, 0.25) is 5.91 Å². The molecule has 0 radical (unpaired) electrons. The van der Waals surface area contributed by atoms with Gasteiger partial charge in [0.15, 0.2) is 0 Å². The zero-order valence-corrected chi connectivity index (χ0v) is 13.3. The van der Waals surface area contributed by atoms with Crippen LogP contribution in [0.25, 0.3) is 0 Å². The maximum atomic E-state index is 12.8. The lowest BCUT2D eigenvalue weighted by molar-refractivity contribution is -0.155. The summed E-state index contributed by atoms with van der Waals surface area (Å²) in [5.41, 5.74) is -5.09. The third-order valence-corrected chi connectivity index (χ3v) is 4.40. The molecule has 2 N–H and O–H groups in total. The lowest BCUT2D eigenvalue weighted by Crippen LogP contribution is -2.44. The van der Waals surface area contributed by atoms with Gasteiger partial charge >= 0.3 is 18.3 Å². The summed E-state index contributed by atoms with van der Waals surface area (Å²) in [5, 5.41) is 11.4. The van der Waals surface area contributed by atoms with E-state index in [0.29, 0.717) is 25.0 Å². The number of carboxylic acid groups (broad SMARTS) is 1. The monoisotopic (exact) mass is 383 g/mol. The van der Waals surface area contributed by atoms with Crippen molar-refractivity contribution in [3.05, 3.63) is 34.9 Å². The van der Waals surface area contributed by atoms with E-state index in [1.807, 2.05) is 0 Å². The van der Waals surface area contributed by atoms with Crippen LogP contribution in [0.4, 0.5) is 26.3 Å². The molecule has 1 aromatic carbocycles. The highest BCUT2D eigenvalue weighted by atomic mass is 19.4. The Kier molecular flexibility index (Phi) is 5.25. The highest BCUT2D eigenvalue weighted by Gasteiger charge is 2.48. The predicted octanol–water partition coefficient (Wildman–Crippen LogP) is 3.99. The second-order valence-corrected chi connectivity index (χ2v) is 6.19. The lowest BCUT2D eigenvalue weighted by atomic mass is 9.85. The predicted molar refractivity (Wildman–Crippen MR) is 76.8 cm³/mol. The molecular formula is C16H15F6NO3. The molecule has 0 heterocycles. The molecule has 1 aliphatic carbocycles. The fourth-order valence-corrected chi connectivity index (χ4v) is 2.99. The zero-order chi connectivity index (χ0) is 19.8. The minimum Gasteiger partial charge on any atom is -0.480 e. The number of hydrogen-bond acceptors (Lipinski definition) is 2. The second-order valence-electron chi connectivity index (χ2n) is 6.19. The molecule has 1 amide bonds. The van der Waals surface area contributed by atoms with Crippen LogP contribution in [0.15, 0.2) is 18.2 Å². The molecule has 2 rings (SSSR count). The van der Waals surface area contributed by atoms with Crippen LogP contribution < -0.4 is 5.32 Å². The van der Waals surface area contributed by atoms with Crippen LogP contribution >= 0.6 is 0 Å². The van der Waals surface area contributed by atoms with Crippen molar-refractivity contribution in [2.45, 2.75) is 44.6 Å². The first-order valence-corrected chi connectivity index (χ1v) is 7.66. The number of amides is 1. The Balaban J connectivity index is 2.26. The minimum absolute atomic E-state index is 0.0129. The van der Waals surface area contributed by atoms with Gasteiger partial charge in [-0.05, 0) is 36.6 Å². The quantitative estimate of drug-likeness (QED) is 0.611. The Morgan fingerprint density at radius 1 is 0.962 bits per heavy atom.